The first kappa shape index (κ1) is 29.6. The maximum atomic E-state index is 13.7. The molecule has 1 heterocycles. The summed E-state index contributed by atoms with van der Waals surface area (Å²) in [7, 11) is 8.24. The highest BCUT2D eigenvalue weighted by molar-refractivity contribution is 6.24. The van der Waals surface area contributed by atoms with Gasteiger partial charge >= 0.3 is 1.43 Å². The van der Waals surface area contributed by atoms with E-state index in [1.807, 2.05) is 6.92 Å². The monoisotopic (exact) mass is 532 g/mol. The number of carbonyl (C=O) groups is 4. The van der Waals surface area contributed by atoms with E-state index in [-0.39, 0.29) is 55.4 Å². The molecule has 0 aliphatic carbocycles. The Morgan fingerprint density at radius 2 is 1.76 bits per heavy atom. The summed E-state index contributed by atoms with van der Waals surface area (Å²) in [6.07, 6.45) is -0.126. The van der Waals surface area contributed by atoms with Gasteiger partial charge in [-0.2, -0.15) is 0 Å². The van der Waals surface area contributed by atoms with Crippen LogP contribution in [0.1, 0.15) is 47.1 Å². The SMILES string of the molecule is CCOc1cc(C(CC(=O)N(C)C)N2C(=O)c3cccc(NC(=O)CN(C)C)c3C2=O)ccc1OC.[Cl-].[H+]. The van der Waals surface area contributed by atoms with E-state index in [0.29, 0.717) is 23.7 Å². The van der Waals surface area contributed by atoms with E-state index in [2.05, 4.69) is 5.32 Å². The summed E-state index contributed by atoms with van der Waals surface area (Å²) in [5.41, 5.74) is 1.07. The van der Waals surface area contributed by atoms with E-state index in [1.54, 1.807) is 69.5 Å². The van der Waals surface area contributed by atoms with E-state index in [9.17, 15) is 19.2 Å². The van der Waals surface area contributed by atoms with Crippen LogP contribution in [0.4, 0.5) is 5.69 Å². The molecule has 0 saturated heterocycles. The van der Waals surface area contributed by atoms with Gasteiger partial charge in [-0.05, 0) is 50.8 Å². The number of methoxy groups -OCH3 is 1. The number of rotatable bonds is 10. The molecule has 1 unspecified atom stereocenters. The second-order valence-electron chi connectivity index (χ2n) is 8.85. The lowest BCUT2D eigenvalue weighted by Gasteiger charge is -2.28. The van der Waals surface area contributed by atoms with Gasteiger partial charge in [-0.15, -0.1) is 0 Å². The van der Waals surface area contributed by atoms with Crippen LogP contribution in [0, 0.1) is 0 Å². The number of anilines is 1. The Morgan fingerprint density at radius 3 is 2.35 bits per heavy atom. The van der Waals surface area contributed by atoms with Gasteiger partial charge in [0.2, 0.25) is 11.8 Å². The Bertz CT molecular complexity index is 1190. The molecule has 0 bridgehead atoms. The largest absolute Gasteiger partial charge is 1.00 e. The summed E-state index contributed by atoms with van der Waals surface area (Å²) in [4.78, 5) is 56.6. The van der Waals surface area contributed by atoms with Crippen molar-refractivity contribution in [1.29, 1.82) is 0 Å². The van der Waals surface area contributed by atoms with Gasteiger partial charge in [0.1, 0.15) is 0 Å². The number of carbonyl (C=O) groups excluding carboxylic acids is 4. The molecule has 0 aromatic heterocycles. The molecule has 200 valence electrons. The molecule has 0 spiro atoms. The molecular formula is C26H33ClN4O6. The quantitative estimate of drug-likeness (QED) is 0.412. The van der Waals surface area contributed by atoms with Crippen molar-refractivity contribution in [3.8, 4) is 11.5 Å². The Hall–Kier alpha value is -3.63. The van der Waals surface area contributed by atoms with E-state index in [4.69, 9.17) is 9.47 Å². The summed E-state index contributed by atoms with van der Waals surface area (Å²) < 4.78 is 11.0. The number of nitrogens with one attached hydrogen (secondary N) is 1. The molecule has 2 aromatic rings. The highest BCUT2D eigenvalue weighted by Crippen LogP contribution is 2.39. The molecule has 37 heavy (non-hydrogen) atoms. The zero-order valence-electron chi connectivity index (χ0n) is 22.8. The second-order valence-corrected chi connectivity index (χ2v) is 8.85. The van der Waals surface area contributed by atoms with Crippen molar-refractivity contribution < 1.29 is 42.5 Å². The lowest BCUT2D eigenvalue weighted by molar-refractivity contribution is -0.129. The van der Waals surface area contributed by atoms with Crippen LogP contribution in [-0.2, 0) is 9.59 Å². The number of halogens is 1. The second kappa shape index (κ2) is 12.6. The lowest BCUT2D eigenvalue weighted by Crippen LogP contribution is -3.00. The van der Waals surface area contributed by atoms with Crippen LogP contribution in [-0.4, -0.2) is 86.8 Å². The molecular weight excluding hydrogens is 500 g/mol. The Kier molecular flexibility index (Phi) is 10.0. The molecule has 1 N–H and O–H groups in total. The molecule has 0 fully saturated rings. The molecule has 10 nitrogen and oxygen atoms in total. The van der Waals surface area contributed by atoms with Crippen LogP contribution in [0.5, 0.6) is 11.5 Å². The van der Waals surface area contributed by atoms with Crippen LogP contribution in [0.25, 0.3) is 0 Å². The van der Waals surface area contributed by atoms with Gasteiger partial charge in [0.25, 0.3) is 11.8 Å². The number of likely N-dealkylation sites (N-methyl/N-ethyl adjacent to an activating group) is 1. The van der Waals surface area contributed by atoms with Crippen molar-refractivity contribution in [1.82, 2.24) is 14.7 Å². The van der Waals surface area contributed by atoms with Crippen molar-refractivity contribution in [2.75, 3.05) is 53.8 Å². The van der Waals surface area contributed by atoms with Crippen molar-refractivity contribution in [2.45, 2.75) is 19.4 Å². The molecule has 1 atom stereocenters. The first-order valence-electron chi connectivity index (χ1n) is 11.5. The van der Waals surface area contributed by atoms with E-state index >= 15 is 0 Å². The number of fused-ring (bicyclic) bond motifs is 1. The lowest BCUT2D eigenvalue weighted by atomic mass is 10.0. The molecule has 0 saturated carbocycles. The highest BCUT2D eigenvalue weighted by atomic mass is 35.5. The first-order chi connectivity index (χ1) is 17.1. The third-order valence-electron chi connectivity index (χ3n) is 5.73. The van der Waals surface area contributed by atoms with Gasteiger partial charge in [-0.3, -0.25) is 24.1 Å². The summed E-state index contributed by atoms with van der Waals surface area (Å²) >= 11 is 0. The predicted octanol–water partition coefficient (Wildman–Crippen LogP) is -0.474. The first-order valence-corrected chi connectivity index (χ1v) is 11.5. The zero-order chi connectivity index (χ0) is 26.6. The van der Waals surface area contributed by atoms with E-state index in [1.165, 1.54) is 12.0 Å². The summed E-state index contributed by atoms with van der Waals surface area (Å²) in [6.45, 7) is 2.32. The number of benzene rings is 2. The number of imide groups is 1. The fourth-order valence-corrected chi connectivity index (χ4v) is 4.04. The van der Waals surface area contributed by atoms with E-state index in [0.717, 1.165) is 4.90 Å². The maximum absolute atomic E-state index is 13.7. The molecule has 1 aliphatic heterocycles. The van der Waals surface area contributed by atoms with Crippen LogP contribution in [0.3, 0.4) is 0 Å². The summed E-state index contributed by atoms with van der Waals surface area (Å²) in [6, 6.07) is 8.90. The van der Waals surface area contributed by atoms with Crippen molar-refractivity contribution in [2.24, 2.45) is 0 Å². The normalized spacial score (nSPS) is 13.1. The topological polar surface area (TPSA) is 108 Å². The average molecular weight is 533 g/mol. The minimum Gasteiger partial charge on any atom is -1.00 e. The Balaban J connectivity index is 0.00000361. The van der Waals surface area contributed by atoms with Gasteiger partial charge < -0.3 is 37.0 Å². The van der Waals surface area contributed by atoms with Gasteiger partial charge in [0.05, 0.1) is 49.5 Å². The Morgan fingerprint density at radius 1 is 1.05 bits per heavy atom. The van der Waals surface area contributed by atoms with Crippen molar-refractivity contribution in [3.05, 3.63) is 53.1 Å². The molecule has 4 amide bonds. The van der Waals surface area contributed by atoms with Crippen LogP contribution in [0.15, 0.2) is 36.4 Å². The summed E-state index contributed by atoms with van der Waals surface area (Å²) in [5.74, 6) is -0.766. The van der Waals surface area contributed by atoms with Crippen molar-refractivity contribution in [3.63, 3.8) is 0 Å². The number of ether oxygens (including phenoxy) is 2. The third-order valence-corrected chi connectivity index (χ3v) is 5.73. The number of hydrogen-bond acceptors (Lipinski definition) is 7. The Labute approximate surface area is 224 Å². The smallest absolute Gasteiger partial charge is 1.00 e. The predicted molar refractivity (Wildman–Crippen MR) is 135 cm³/mol. The van der Waals surface area contributed by atoms with Crippen LogP contribution < -0.4 is 27.2 Å². The van der Waals surface area contributed by atoms with Crippen LogP contribution >= 0.6 is 0 Å². The van der Waals surface area contributed by atoms with Gasteiger partial charge in [-0.25, -0.2) is 0 Å². The third kappa shape index (κ3) is 6.39. The summed E-state index contributed by atoms with van der Waals surface area (Å²) in [5, 5.41) is 2.73. The van der Waals surface area contributed by atoms with Gasteiger partial charge in [-0.1, -0.05) is 12.1 Å². The standard InChI is InChI=1S/C26H32N4O6.ClH/c1-7-36-21-13-16(11-12-20(21)35-6)19(14-23(32)29(4)5)30-25(33)17-9-8-10-18(24(17)26(30)34)27-22(31)15-28(2)3;/h8-13,19H,7,14-15H2,1-6H3,(H,27,31);1H. The highest BCUT2D eigenvalue weighted by Gasteiger charge is 2.43. The zero-order valence-corrected chi connectivity index (χ0v) is 22.6. The molecule has 3 rings (SSSR count). The van der Waals surface area contributed by atoms with Crippen molar-refractivity contribution >= 4 is 29.3 Å². The minimum atomic E-state index is -0.900. The maximum Gasteiger partial charge on any atom is 1.00 e. The number of nitrogens with zero attached hydrogens (tertiary/aromatic N) is 3. The molecule has 0 radical (unpaired) electrons. The van der Waals surface area contributed by atoms with Gasteiger partial charge in [0.15, 0.2) is 11.5 Å². The molecule has 2 aromatic carbocycles. The number of hydrogen-bond donors (Lipinski definition) is 1. The minimum absolute atomic E-state index is 0. The fraction of sp³-hybridized carbons (Fsp3) is 0.385. The fourth-order valence-electron chi connectivity index (χ4n) is 4.04. The van der Waals surface area contributed by atoms with E-state index < -0.39 is 17.9 Å². The average Bonchev–Trinajstić information content (AvgIpc) is 3.07. The molecule has 11 heteroatoms. The molecule has 1 aliphatic rings. The van der Waals surface area contributed by atoms with Gasteiger partial charge in [0, 0.05) is 14.1 Å². The van der Waals surface area contributed by atoms with Crippen LogP contribution in [0.2, 0.25) is 0 Å². The number of amides is 4.